The van der Waals surface area contributed by atoms with Crippen molar-refractivity contribution in [2.45, 2.75) is 44.6 Å². The van der Waals surface area contributed by atoms with Crippen LogP contribution in [0.15, 0.2) is 0 Å². The van der Waals surface area contributed by atoms with Crippen LogP contribution in [-0.2, 0) is 9.59 Å². The zero-order valence-electron chi connectivity index (χ0n) is 10.8. The molecule has 2 aliphatic carbocycles. The van der Waals surface area contributed by atoms with E-state index < -0.39 is 0 Å². The number of carbonyl (C=O) groups excluding carboxylic acids is 2. The van der Waals surface area contributed by atoms with Gasteiger partial charge in [0.15, 0.2) is 0 Å². The first-order chi connectivity index (χ1) is 8.68. The van der Waals surface area contributed by atoms with Gasteiger partial charge in [-0.05, 0) is 25.7 Å². The van der Waals surface area contributed by atoms with E-state index in [2.05, 4.69) is 10.6 Å². The largest absolute Gasteiger partial charge is 0.354 e. The monoisotopic (exact) mass is 253 g/mol. The molecule has 2 atom stereocenters. The van der Waals surface area contributed by atoms with Gasteiger partial charge in [-0.3, -0.25) is 9.59 Å². The molecule has 0 bridgehead atoms. The maximum Gasteiger partial charge on any atom is 0.224 e. The number of hydrogen-bond donors (Lipinski definition) is 3. The van der Waals surface area contributed by atoms with E-state index in [9.17, 15) is 9.59 Å². The van der Waals surface area contributed by atoms with Crippen molar-refractivity contribution in [1.82, 2.24) is 10.6 Å². The lowest BCUT2D eigenvalue weighted by Crippen LogP contribution is -2.45. The minimum Gasteiger partial charge on any atom is -0.354 e. The van der Waals surface area contributed by atoms with Gasteiger partial charge < -0.3 is 16.4 Å². The van der Waals surface area contributed by atoms with E-state index in [0.717, 1.165) is 38.5 Å². The average molecular weight is 253 g/mol. The van der Waals surface area contributed by atoms with Gasteiger partial charge in [0.1, 0.15) is 0 Å². The summed E-state index contributed by atoms with van der Waals surface area (Å²) < 4.78 is 0. The lowest BCUT2D eigenvalue weighted by Gasteiger charge is -2.27. The van der Waals surface area contributed by atoms with Crippen LogP contribution in [0.2, 0.25) is 0 Å². The Hall–Kier alpha value is -1.10. The molecule has 0 aromatic rings. The molecule has 5 heteroatoms. The van der Waals surface area contributed by atoms with E-state index in [4.69, 9.17) is 5.73 Å². The highest BCUT2D eigenvalue weighted by Crippen LogP contribution is 2.28. The van der Waals surface area contributed by atoms with Gasteiger partial charge in [0.2, 0.25) is 11.8 Å². The molecule has 0 aliphatic heterocycles. The molecule has 2 unspecified atom stereocenters. The van der Waals surface area contributed by atoms with Crippen LogP contribution in [0.3, 0.4) is 0 Å². The Bertz CT molecular complexity index is 315. The van der Waals surface area contributed by atoms with E-state index >= 15 is 0 Å². The predicted octanol–water partition coefficient (Wildman–Crippen LogP) is 0.146. The van der Waals surface area contributed by atoms with Crippen LogP contribution < -0.4 is 16.4 Å². The van der Waals surface area contributed by atoms with Crippen molar-refractivity contribution >= 4 is 11.8 Å². The van der Waals surface area contributed by atoms with E-state index in [-0.39, 0.29) is 29.7 Å². The van der Waals surface area contributed by atoms with E-state index in [1.165, 1.54) is 0 Å². The van der Waals surface area contributed by atoms with Crippen LogP contribution in [0.5, 0.6) is 0 Å². The highest BCUT2D eigenvalue weighted by molar-refractivity contribution is 5.81. The Labute approximate surface area is 108 Å². The number of amides is 2. The fourth-order valence-corrected chi connectivity index (χ4v) is 2.48. The Morgan fingerprint density at radius 3 is 2.17 bits per heavy atom. The molecule has 2 aliphatic rings. The van der Waals surface area contributed by atoms with Gasteiger partial charge in [0, 0.05) is 25.0 Å². The molecule has 2 rings (SSSR count). The molecule has 0 radical (unpaired) electrons. The van der Waals surface area contributed by atoms with Crippen molar-refractivity contribution in [2.75, 3.05) is 13.1 Å². The molecule has 0 saturated heterocycles. The average Bonchev–Trinajstić information content (AvgIpc) is 3.19. The molecule has 0 aromatic heterocycles. The van der Waals surface area contributed by atoms with Gasteiger partial charge in [-0.2, -0.15) is 0 Å². The van der Waals surface area contributed by atoms with Crippen molar-refractivity contribution in [3.05, 3.63) is 0 Å². The summed E-state index contributed by atoms with van der Waals surface area (Å²) in [5.74, 6) is 0.354. The second-order valence-corrected chi connectivity index (χ2v) is 5.41. The minimum atomic E-state index is -0.0436. The molecular formula is C13H23N3O2. The summed E-state index contributed by atoms with van der Waals surface area (Å²) in [6.07, 6.45) is 6.06. The molecular weight excluding hydrogens is 230 g/mol. The standard InChI is InChI=1S/C13H23N3O2/c14-11-4-2-1-3-10(11)13(18)16-8-7-15-12(17)9-5-6-9/h9-11H,1-8,14H2,(H,15,17)(H,16,18). The van der Waals surface area contributed by atoms with Crippen LogP contribution in [0, 0.1) is 11.8 Å². The van der Waals surface area contributed by atoms with Crippen LogP contribution in [0.1, 0.15) is 38.5 Å². The van der Waals surface area contributed by atoms with Crippen LogP contribution in [-0.4, -0.2) is 30.9 Å². The quantitative estimate of drug-likeness (QED) is 0.610. The smallest absolute Gasteiger partial charge is 0.224 e. The van der Waals surface area contributed by atoms with Gasteiger partial charge in [0.05, 0.1) is 5.92 Å². The van der Waals surface area contributed by atoms with Crippen molar-refractivity contribution in [3.63, 3.8) is 0 Å². The maximum absolute atomic E-state index is 11.9. The third-order valence-corrected chi connectivity index (χ3v) is 3.83. The van der Waals surface area contributed by atoms with Crippen molar-refractivity contribution < 1.29 is 9.59 Å². The Kier molecular flexibility index (Phi) is 4.58. The SMILES string of the molecule is NC1CCCCC1C(=O)NCCNC(=O)C1CC1. The Morgan fingerprint density at radius 2 is 1.56 bits per heavy atom. The molecule has 5 nitrogen and oxygen atoms in total. The molecule has 4 N–H and O–H groups in total. The predicted molar refractivity (Wildman–Crippen MR) is 68.7 cm³/mol. The van der Waals surface area contributed by atoms with Crippen molar-refractivity contribution in [1.29, 1.82) is 0 Å². The number of rotatable bonds is 5. The zero-order valence-corrected chi connectivity index (χ0v) is 10.8. The van der Waals surface area contributed by atoms with Gasteiger partial charge in [-0.15, -0.1) is 0 Å². The van der Waals surface area contributed by atoms with Gasteiger partial charge in [0.25, 0.3) is 0 Å². The Morgan fingerprint density at radius 1 is 0.944 bits per heavy atom. The fourth-order valence-electron chi connectivity index (χ4n) is 2.48. The highest BCUT2D eigenvalue weighted by Gasteiger charge is 2.29. The molecule has 2 fully saturated rings. The molecule has 18 heavy (non-hydrogen) atoms. The molecule has 0 aromatic carbocycles. The summed E-state index contributed by atoms with van der Waals surface area (Å²) in [6, 6.07) is -0.000180. The molecule has 0 spiro atoms. The lowest BCUT2D eigenvalue weighted by molar-refractivity contribution is -0.127. The van der Waals surface area contributed by atoms with Crippen molar-refractivity contribution in [3.8, 4) is 0 Å². The first-order valence-corrected chi connectivity index (χ1v) is 6.99. The second kappa shape index (κ2) is 6.18. The van der Waals surface area contributed by atoms with Crippen molar-refractivity contribution in [2.24, 2.45) is 17.6 Å². The second-order valence-electron chi connectivity index (χ2n) is 5.41. The topological polar surface area (TPSA) is 84.2 Å². The molecule has 2 amide bonds. The van der Waals surface area contributed by atoms with Gasteiger partial charge in [-0.1, -0.05) is 12.8 Å². The van der Waals surface area contributed by atoms with Gasteiger partial charge >= 0.3 is 0 Å². The molecule has 102 valence electrons. The maximum atomic E-state index is 11.9. The first-order valence-electron chi connectivity index (χ1n) is 6.99. The Balaban J connectivity index is 1.60. The number of nitrogens with one attached hydrogen (secondary N) is 2. The fraction of sp³-hybridized carbons (Fsp3) is 0.846. The van der Waals surface area contributed by atoms with Crippen LogP contribution in [0.4, 0.5) is 0 Å². The number of nitrogens with two attached hydrogens (primary N) is 1. The molecule has 2 saturated carbocycles. The lowest BCUT2D eigenvalue weighted by atomic mass is 9.84. The first kappa shape index (κ1) is 13.3. The normalized spacial score (nSPS) is 27.6. The third kappa shape index (κ3) is 3.70. The summed E-state index contributed by atoms with van der Waals surface area (Å²) in [5.41, 5.74) is 5.95. The number of hydrogen-bond acceptors (Lipinski definition) is 3. The molecule has 0 heterocycles. The van der Waals surface area contributed by atoms with E-state index in [1.807, 2.05) is 0 Å². The van der Waals surface area contributed by atoms with Gasteiger partial charge in [-0.25, -0.2) is 0 Å². The summed E-state index contributed by atoms with van der Waals surface area (Å²) in [5, 5.41) is 5.69. The zero-order chi connectivity index (χ0) is 13.0. The summed E-state index contributed by atoms with van der Waals surface area (Å²) in [6.45, 7) is 1.02. The summed E-state index contributed by atoms with van der Waals surface area (Å²) in [4.78, 5) is 23.3. The number of carbonyl (C=O) groups is 2. The van der Waals surface area contributed by atoms with Crippen LogP contribution >= 0.6 is 0 Å². The summed E-state index contributed by atoms with van der Waals surface area (Å²) in [7, 11) is 0. The van der Waals surface area contributed by atoms with E-state index in [1.54, 1.807) is 0 Å². The van der Waals surface area contributed by atoms with Crippen LogP contribution in [0.25, 0.3) is 0 Å². The minimum absolute atomic E-state index is 0.000180. The van der Waals surface area contributed by atoms with E-state index in [0.29, 0.717) is 13.1 Å². The highest BCUT2D eigenvalue weighted by atomic mass is 16.2. The summed E-state index contributed by atoms with van der Waals surface area (Å²) >= 11 is 0. The third-order valence-electron chi connectivity index (χ3n) is 3.83.